The van der Waals surface area contributed by atoms with Crippen LogP contribution in [0.4, 0.5) is 5.82 Å². The van der Waals surface area contributed by atoms with Crippen molar-refractivity contribution in [2.45, 2.75) is 32.2 Å². The van der Waals surface area contributed by atoms with Gasteiger partial charge in [-0.1, -0.05) is 6.07 Å². The zero-order chi connectivity index (χ0) is 15.4. The van der Waals surface area contributed by atoms with Crippen LogP contribution in [-0.4, -0.2) is 40.0 Å². The summed E-state index contributed by atoms with van der Waals surface area (Å²) >= 11 is 0. The number of pyridine rings is 1. The van der Waals surface area contributed by atoms with Gasteiger partial charge in [-0.25, -0.2) is 4.98 Å². The van der Waals surface area contributed by atoms with E-state index in [1.165, 1.54) is 5.56 Å². The number of aryl methyl sites for hydroxylation is 1. The van der Waals surface area contributed by atoms with Crippen LogP contribution < -0.4 is 5.32 Å². The van der Waals surface area contributed by atoms with Crippen LogP contribution in [0.5, 0.6) is 0 Å². The normalized spacial score (nSPS) is 16.6. The first-order valence-electron chi connectivity index (χ1n) is 7.89. The minimum atomic E-state index is 0.543. The third-order valence-electron chi connectivity index (χ3n) is 4.30. The van der Waals surface area contributed by atoms with Gasteiger partial charge in [0.05, 0.1) is 11.4 Å². The van der Waals surface area contributed by atoms with E-state index in [9.17, 15) is 0 Å². The van der Waals surface area contributed by atoms with Crippen LogP contribution >= 0.6 is 0 Å². The Morgan fingerprint density at radius 1 is 1.27 bits per heavy atom. The van der Waals surface area contributed by atoms with Gasteiger partial charge in [0, 0.05) is 43.7 Å². The van der Waals surface area contributed by atoms with E-state index in [1.807, 2.05) is 38.6 Å². The molecule has 0 saturated carbocycles. The Hall–Kier alpha value is -2.01. The van der Waals surface area contributed by atoms with Crippen molar-refractivity contribution < 1.29 is 0 Å². The summed E-state index contributed by atoms with van der Waals surface area (Å²) in [5.41, 5.74) is 3.42. The fraction of sp³-hybridized carbons (Fsp3) is 0.471. The van der Waals surface area contributed by atoms with Gasteiger partial charge in [-0.05, 0) is 38.9 Å². The molecule has 116 valence electrons. The SMILES string of the molecule is CNc1ncccc1CN1CCC(c2cncc(C)n2)CC1. The fourth-order valence-electron chi connectivity index (χ4n) is 3.10. The number of piperidine rings is 1. The van der Waals surface area contributed by atoms with Crippen molar-refractivity contribution in [2.24, 2.45) is 0 Å². The van der Waals surface area contributed by atoms with E-state index < -0.39 is 0 Å². The molecule has 2 aromatic heterocycles. The molecule has 0 bridgehead atoms. The second-order valence-corrected chi connectivity index (χ2v) is 5.90. The van der Waals surface area contributed by atoms with Crippen LogP contribution in [0.2, 0.25) is 0 Å². The lowest BCUT2D eigenvalue weighted by Gasteiger charge is -2.31. The van der Waals surface area contributed by atoms with Crippen LogP contribution in [0.25, 0.3) is 0 Å². The van der Waals surface area contributed by atoms with E-state index in [1.54, 1.807) is 0 Å². The molecule has 22 heavy (non-hydrogen) atoms. The zero-order valence-electron chi connectivity index (χ0n) is 13.3. The molecule has 5 nitrogen and oxygen atoms in total. The van der Waals surface area contributed by atoms with Gasteiger partial charge in [-0.15, -0.1) is 0 Å². The molecule has 3 rings (SSSR count). The van der Waals surface area contributed by atoms with Gasteiger partial charge in [0.2, 0.25) is 0 Å². The lowest BCUT2D eigenvalue weighted by molar-refractivity contribution is 0.203. The van der Waals surface area contributed by atoms with Crippen molar-refractivity contribution in [1.82, 2.24) is 19.9 Å². The molecule has 1 aliphatic heterocycles. The third kappa shape index (κ3) is 3.42. The minimum absolute atomic E-state index is 0.543. The molecule has 1 N–H and O–H groups in total. The van der Waals surface area contributed by atoms with Gasteiger partial charge >= 0.3 is 0 Å². The molecule has 0 aromatic carbocycles. The Kier molecular flexibility index (Phi) is 4.63. The van der Waals surface area contributed by atoms with E-state index in [0.29, 0.717) is 5.92 Å². The molecule has 3 heterocycles. The van der Waals surface area contributed by atoms with Crippen LogP contribution in [0, 0.1) is 6.92 Å². The molecule has 1 saturated heterocycles. The largest absolute Gasteiger partial charge is 0.373 e. The van der Waals surface area contributed by atoms with Gasteiger partial charge in [0.15, 0.2) is 0 Å². The van der Waals surface area contributed by atoms with Crippen molar-refractivity contribution in [1.29, 1.82) is 0 Å². The van der Waals surface area contributed by atoms with Gasteiger partial charge in [0.1, 0.15) is 5.82 Å². The van der Waals surface area contributed by atoms with Gasteiger partial charge in [0.25, 0.3) is 0 Å². The quantitative estimate of drug-likeness (QED) is 0.940. The average Bonchev–Trinajstić information content (AvgIpc) is 2.56. The summed E-state index contributed by atoms with van der Waals surface area (Å²) in [4.78, 5) is 15.8. The Balaban J connectivity index is 1.60. The van der Waals surface area contributed by atoms with E-state index in [4.69, 9.17) is 0 Å². The van der Waals surface area contributed by atoms with Gasteiger partial charge in [-0.3, -0.25) is 14.9 Å². The van der Waals surface area contributed by atoms with Crippen molar-refractivity contribution in [2.75, 3.05) is 25.5 Å². The van der Waals surface area contributed by atoms with Gasteiger partial charge in [-0.2, -0.15) is 0 Å². The summed E-state index contributed by atoms with van der Waals surface area (Å²) in [6.45, 7) is 5.15. The second kappa shape index (κ2) is 6.83. The van der Waals surface area contributed by atoms with Crippen LogP contribution in [0.1, 0.15) is 35.7 Å². The number of hydrogen-bond donors (Lipinski definition) is 1. The third-order valence-corrected chi connectivity index (χ3v) is 4.30. The molecule has 0 amide bonds. The Morgan fingerprint density at radius 2 is 2.09 bits per heavy atom. The predicted octanol–water partition coefficient (Wildman–Crippen LogP) is 2.60. The Bertz CT molecular complexity index is 620. The van der Waals surface area contributed by atoms with Crippen molar-refractivity contribution in [3.05, 3.63) is 47.7 Å². The highest BCUT2D eigenvalue weighted by Gasteiger charge is 2.22. The molecular formula is C17H23N5. The molecule has 0 spiro atoms. The number of likely N-dealkylation sites (tertiary alicyclic amines) is 1. The number of aromatic nitrogens is 3. The molecule has 0 unspecified atom stereocenters. The summed E-state index contributed by atoms with van der Waals surface area (Å²) < 4.78 is 0. The molecule has 5 heteroatoms. The van der Waals surface area contributed by atoms with Gasteiger partial charge < -0.3 is 5.32 Å². The first kappa shape index (κ1) is 14.9. The number of nitrogens with zero attached hydrogens (tertiary/aromatic N) is 4. The summed E-state index contributed by atoms with van der Waals surface area (Å²) in [5, 5.41) is 3.17. The lowest BCUT2D eigenvalue weighted by atomic mass is 9.93. The Morgan fingerprint density at radius 3 is 2.82 bits per heavy atom. The Labute approximate surface area is 131 Å². The van der Waals surface area contributed by atoms with E-state index in [2.05, 4.69) is 31.2 Å². The van der Waals surface area contributed by atoms with E-state index >= 15 is 0 Å². The van der Waals surface area contributed by atoms with Crippen LogP contribution in [0.3, 0.4) is 0 Å². The monoisotopic (exact) mass is 297 g/mol. The first-order chi connectivity index (χ1) is 10.8. The van der Waals surface area contributed by atoms with Crippen LogP contribution in [0.15, 0.2) is 30.7 Å². The number of rotatable bonds is 4. The smallest absolute Gasteiger partial charge is 0.130 e. The first-order valence-corrected chi connectivity index (χ1v) is 7.89. The van der Waals surface area contributed by atoms with Crippen LogP contribution in [-0.2, 0) is 6.54 Å². The number of anilines is 1. The lowest BCUT2D eigenvalue weighted by Crippen LogP contribution is -2.33. The maximum atomic E-state index is 4.63. The maximum absolute atomic E-state index is 4.63. The molecule has 1 fully saturated rings. The highest BCUT2D eigenvalue weighted by molar-refractivity contribution is 5.42. The molecular weight excluding hydrogens is 274 g/mol. The number of hydrogen-bond acceptors (Lipinski definition) is 5. The predicted molar refractivity (Wildman–Crippen MR) is 87.8 cm³/mol. The molecule has 0 atom stereocenters. The molecule has 1 aliphatic rings. The van der Waals surface area contributed by atoms with Crippen molar-refractivity contribution in [3.63, 3.8) is 0 Å². The highest BCUT2D eigenvalue weighted by atomic mass is 15.1. The zero-order valence-corrected chi connectivity index (χ0v) is 13.3. The summed E-state index contributed by atoms with van der Waals surface area (Å²) in [6, 6.07) is 4.15. The summed E-state index contributed by atoms with van der Waals surface area (Å²) in [6.07, 6.45) is 7.87. The van der Waals surface area contributed by atoms with Crippen molar-refractivity contribution >= 4 is 5.82 Å². The average molecular weight is 297 g/mol. The van der Waals surface area contributed by atoms with Crippen molar-refractivity contribution in [3.8, 4) is 0 Å². The summed E-state index contributed by atoms with van der Waals surface area (Å²) in [7, 11) is 1.93. The highest BCUT2D eigenvalue weighted by Crippen LogP contribution is 2.27. The van der Waals surface area contributed by atoms with E-state index in [-0.39, 0.29) is 0 Å². The topological polar surface area (TPSA) is 53.9 Å². The van der Waals surface area contributed by atoms with E-state index in [0.717, 1.165) is 49.7 Å². The summed E-state index contributed by atoms with van der Waals surface area (Å²) in [5.74, 6) is 1.52. The number of nitrogens with one attached hydrogen (secondary N) is 1. The standard InChI is InChI=1S/C17H23N5/c1-13-10-19-11-16(21-13)14-5-8-22(9-6-14)12-15-4-3-7-20-17(15)18-2/h3-4,7,10-11,14H,5-6,8-9,12H2,1-2H3,(H,18,20). The second-order valence-electron chi connectivity index (χ2n) is 5.90. The maximum Gasteiger partial charge on any atom is 0.130 e. The fourth-order valence-corrected chi connectivity index (χ4v) is 3.10. The molecule has 0 aliphatic carbocycles. The minimum Gasteiger partial charge on any atom is -0.373 e. The molecule has 0 radical (unpaired) electrons. The molecule has 2 aromatic rings.